The second kappa shape index (κ2) is 6.82. The Balaban J connectivity index is 2.22. The van der Waals surface area contributed by atoms with Crippen molar-refractivity contribution in [2.24, 2.45) is 0 Å². The van der Waals surface area contributed by atoms with E-state index in [1.807, 2.05) is 47.8 Å². The Hall–Kier alpha value is -2.70. The van der Waals surface area contributed by atoms with Crippen molar-refractivity contribution in [1.82, 2.24) is 0 Å². The highest BCUT2D eigenvalue weighted by Gasteiger charge is 2.24. The zero-order valence-corrected chi connectivity index (χ0v) is 14.1. The molecular formula is C18H13NO3S2. The van der Waals surface area contributed by atoms with Crippen LogP contribution in [-0.2, 0) is 0 Å². The second-order valence-corrected chi connectivity index (χ2v) is 6.26. The minimum atomic E-state index is -1.21. The average Bonchev–Trinajstić information content (AvgIpc) is 3.10. The summed E-state index contributed by atoms with van der Waals surface area (Å²) < 4.78 is 0. The van der Waals surface area contributed by atoms with Gasteiger partial charge in [-0.25, -0.2) is 4.79 Å². The molecule has 3 rings (SSSR count). The summed E-state index contributed by atoms with van der Waals surface area (Å²) in [7, 11) is 0. The predicted octanol–water partition coefficient (Wildman–Crippen LogP) is 4.67. The van der Waals surface area contributed by atoms with Gasteiger partial charge in [-0.2, -0.15) is 0 Å². The van der Waals surface area contributed by atoms with Crippen molar-refractivity contribution in [3.8, 4) is 5.75 Å². The van der Waals surface area contributed by atoms with E-state index in [1.165, 1.54) is 17.4 Å². The Labute approximate surface area is 148 Å². The molecule has 6 heteroatoms. The highest BCUT2D eigenvalue weighted by Crippen LogP contribution is 2.35. The summed E-state index contributed by atoms with van der Waals surface area (Å²) in [5.74, 6) is -1.51. The smallest absolute Gasteiger partial charge is 0.341 e. The van der Waals surface area contributed by atoms with Gasteiger partial charge in [-0.1, -0.05) is 42.5 Å². The summed E-state index contributed by atoms with van der Waals surface area (Å²) in [5.41, 5.74) is 0.872. The molecule has 0 atom stereocenters. The Morgan fingerprint density at radius 2 is 1.75 bits per heavy atom. The molecular weight excluding hydrogens is 342 g/mol. The molecule has 0 fully saturated rings. The van der Waals surface area contributed by atoms with Crippen LogP contribution in [0.1, 0.15) is 15.2 Å². The number of thiophene rings is 1. The van der Waals surface area contributed by atoms with Crippen LogP contribution in [0.2, 0.25) is 0 Å². The fourth-order valence-corrected chi connectivity index (χ4v) is 3.46. The molecule has 0 aliphatic heterocycles. The number of hydrogen-bond acceptors (Lipinski definition) is 4. The van der Waals surface area contributed by atoms with E-state index in [2.05, 4.69) is 0 Å². The van der Waals surface area contributed by atoms with Crippen molar-refractivity contribution >= 4 is 45.9 Å². The zero-order valence-electron chi connectivity index (χ0n) is 12.4. The van der Waals surface area contributed by atoms with Crippen molar-refractivity contribution in [3.63, 3.8) is 0 Å². The minimum Gasteiger partial charge on any atom is -0.507 e. The van der Waals surface area contributed by atoms with Gasteiger partial charge in [0.15, 0.2) is 0 Å². The van der Waals surface area contributed by atoms with Crippen molar-refractivity contribution in [3.05, 3.63) is 76.5 Å². The van der Waals surface area contributed by atoms with Crippen molar-refractivity contribution in [1.29, 1.82) is 0 Å². The summed E-state index contributed by atoms with van der Waals surface area (Å²) in [6.45, 7) is 0. The summed E-state index contributed by atoms with van der Waals surface area (Å²) in [4.78, 5) is 14.6. The monoisotopic (exact) mass is 355 g/mol. The lowest BCUT2D eigenvalue weighted by molar-refractivity contribution is 0.0694. The van der Waals surface area contributed by atoms with E-state index in [0.717, 1.165) is 10.6 Å². The number of carboxylic acid groups (broad SMARTS) is 1. The van der Waals surface area contributed by atoms with Gasteiger partial charge in [0.25, 0.3) is 0 Å². The lowest BCUT2D eigenvalue weighted by Gasteiger charge is -2.26. The number of aromatic hydroxyl groups is 1. The number of thiocarbonyl (C=S) groups is 1. The van der Waals surface area contributed by atoms with Crippen LogP contribution in [0, 0.1) is 0 Å². The molecule has 3 aromatic rings. The number of para-hydroxylation sites is 1. The number of nitrogens with zero attached hydrogens (tertiary/aromatic N) is 1. The number of carbonyl (C=O) groups is 1. The van der Waals surface area contributed by atoms with E-state index in [-0.39, 0.29) is 11.3 Å². The van der Waals surface area contributed by atoms with Crippen LogP contribution in [0.25, 0.3) is 0 Å². The molecule has 0 aliphatic carbocycles. The quantitative estimate of drug-likeness (QED) is 0.666. The SMILES string of the molecule is O=C(O)c1c(O)cccc1N(C(=S)c1cccs1)c1ccccc1. The molecule has 2 aromatic carbocycles. The van der Waals surface area contributed by atoms with Gasteiger partial charge in [0, 0.05) is 5.69 Å². The zero-order chi connectivity index (χ0) is 17.1. The molecule has 24 heavy (non-hydrogen) atoms. The Morgan fingerprint density at radius 3 is 2.38 bits per heavy atom. The first kappa shape index (κ1) is 16.2. The number of anilines is 2. The second-order valence-electron chi connectivity index (χ2n) is 4.93. The number of phenols is 1. The maximum Gasteiger partial charge on any atom is 0.341 e. The van der Waals surface area contributed by atoms with Gasteiger partial charge in [0.2, 0.25) is 0 Å². The number of benzene rings is 2. The molecule has 0 aliphatic rings. The summed E-state index contributed by atoms with van der Waals surface area (Å²) >= 11 is 7.09. The van der Waals surface area contributed by atoms with Crippen molar-refractivity contribution in [2.75, 3.05) is 4.90 Å². The molecule has 0 spiro atoms. The molecule has 4 nitrogen and oxygen atoms in total. The number of carboxylic acids is 1. The first-order chi connectivity index (χ1) is 11.6. The standard InChI is InChI=1S/C18H13NO3S2/c20-14-9-4-8-13(16(14)18(21)22)19(12-6-2-1-3-7-12)17(23)15-10-5-11-24-15/h1-11,20H,(H,21,22). The molecule has 0 unspecified atom stereocenters. The fourth-order valence-electron chi connectivity index (χ4n) is 2.39. The van der Waals surface area contributed by atoms with Gasteiger partial charge in [-0.05, 0) is 35.7 Å². The lowest BCUT2D eigenvalue weighted by Crippen LogP contribution is -2.26. The van der Waals surface area contributed by atoms with Crippen LogP contribution < -0.4 is 4.90 Å². The first-order valence-electron chi connectivity index (χ1n) is 7.08. The molecule has 0 bridgehead atoms. The molecule has 0 saturated heterocycles. The molecule has 120 valence electrons. The topological polar surface area (TPSA) is 60.8 Å². The highest BCUT2D eigenvalue weighted by atomic mass is 32.1. The summed E-state index contributed by atoms with van der Waals surface area (Å²) in [6.07, 6.45) is 0. The third-order valence-electron chi connectivity index (χ3n) is 3.42. The maximum atomic E-state index is 11.7. The number of aromatic carboxylic acids is 1. The first-order valence-corrected chi connectivity index (χ1v) is 8.36. The fraction of sp³-hybridized carbons (Fsp3) is 0. The summed E-state index contributed by atoms with van der Waals surface area (Å²) in [5, 5.41) is 21.5. The molecule has 0 amide bonds. The Morgan fingerprint density at radius 1 is 1.00 bits per heavy atom. The molecule has 1 heterocycles. The molecule has 0 saturated carbocycles. The Kier molecular flexibility index (Phi) is 4.59. The minimum absolute atomic E-state index is 0.180. The van der Waals surface area contributed by atoms with Gasteiger partial charge in [0.05, 0.1) is 10.6 Å². The number of rotatable bonds is 4. The van der Waals surface area contributed by atoms with Crippen LogP contribution in [0.5, 0.6) is 5.75 Å². The van der Waals surface area contributed by atoms with Gasteiger partial charge in [-0.3, -0.25) is 4.90 Å². The van der Waals surface area contributed by atoms with E-state index < -0.39 is 5.97 Å². The van der Waals surface area contributed by atoms with Crippen LogP contribution in [0.15, 0.2) is 66.0 Å². The van der Waals surface area contributed by atoms with Gasteiger partial charge >= 0.3 is 5.97 Å². The third kappa shape index (κ3) is 3.02. The van der Waals surface area contributed by atoms with Crippen molar-refractivity contribution in [2.45, 2.75) is 0 Å². The van der Waals surface area contributed by atoms with Crippen molar-refractivity contribution < 1.29 is 15.0 Å². The van der Waals surface area contributed by atoms with E-state index in [4.69, 9.17) is 12.2 Å². The van der Waals surface area contributed by atoms with Crippen LogP contribution >= 0.6 is 23.6 Å². The van der Waals surface area contributed by atoms with Crippen LogP contribution in [0.4, 0.5) is 11.4 Å². The molecule has 2 N–H and O–H groups in total. The van der Waals surface area contributed by atoms with E-state index in [1.54, 1.807) is 17.0 Å². The largest absolute Gasteiger partial charge is 0.507 e. The van der Waals surface area contributed by atoms with Gasteiger partial charge in [0.1, 0.15) is 16.3 Å². The molecule has 1 aromatic heterocycles. The lowest BCUT2D eigenvalue weighted by atomic mass is 10.1. The van der Waals surface area contributed by atoms with Gasteiger partial charge < -0.3 is 10.2 Å². The van der Waals surface area contributed by atoms with E-state index in [9.17, 15) is 15.0 Å². The third-order valence-corrected chi connectivity index (χ3v) is 4.83. The average molecular weight is 355 g/mol. The molecule has 0 radical (unpaired) electrons. The van der Waals surface area contributed by atoms with Crippen LogP contribution in [0.3, 0.4) is 0 Å². The highest BCUT2D eigenvalue weighted by molar-refractivity contribution is 7.81. The van der Waals surface area contributed by atoms with Crippen LogP contribution in [-0.4, -0.2) is 21.2 Å². The van der Waals surface area contributed by atoms with E-state index >= 15 is 0 Å². The van der Waals surface area contributed by atoms with Gasteiger partial charge in [-0.15, -0.1) is 11.3 Å². The van der Waals surface area contributed by atoms with E-state index in [0.29, 0.717) is 10.7 Å². The normalized spacial score (nSPS) is 10.3. The summed E-state index contributed by atoms with van der Waals surface area (Å²) in [6, 6.07) is 17.6. The predicted molar refractivity (Wildman–Crippen MR) is 99.7 cm³/mol. The Bertz CT molecular complexity index is 877. The number of hydrogen-bond donors (Lipinski definition) is 2. The maximum absolute atomic E-state index is 11.7.